The van der Waals surface area contributed by atoms with Crippen molar-refractivity contribution in [1.29, 1.82) is 0 Å². The van der Waals surface area contributed by atoms with Gasteiger partial charge in [-0.2, -0.15) is 0 Å². The molecule has 2 heterocycles. The van der Waals surface area contributed by atoms with E-state index in [9.17, 15) is 28.8 Å². The predicted molar refractivity (Wildman–Crippen MR) is 284 cm³/mol. The Kier molecular flexibility index (Phi) is 19.8. The zero-order valence-corrected chi connectivity index (χ0v) is 43.5. The summed E-state index contributed by atoms with van der Waals surface area (Å²) in [7, 11) is 3.39. The smallest absolute Gasteiger partial charge is 0.250 e. The standard InChI is InChI=1S/C56H70N8O6.2ClH/c1-35(57-3)51(65)61-49(55(69)63-33-11-21-47(63)53(67)59-45-19-9-15-39-13-5-7-17-43(39)45)41-29-25-37(26-30-41)23-24-38-27-31-42(32-28-38)50(62-52(66)36(2)58-4)56(70)64-34-12-22-48(64)54(68)60-46-20-10-16-40-14-6-8-18-44(40)46;;/h5-8,13-14,17-18,25-32,35-36,45-50,57-58H,9-12,15-16,19-24,33-34H2,1-4H3,(H,59,67)(H,60,68)(H,61,65)(H,62,66);2*1H/t35-,36-,45?,46?,47-,48-,49?,50?;;/m0../s1. The number of rotatable bonds is 17. The summed E-state index contributed by atoms with van der Waals surface area (Å²) in [4.78, 5) is 86.7. The number of aryl methyl sites for hydroxylation is 4. The Labute approximate surface area is 436 Å². The molecule has 2 aliphatic carbocycles. The quantitative estimate of drug-likeness (QED) is 0.0722. The zero-order chi connectivity index (χ0) is 49.3. The Balaban J connectivity index is 0.00000423. The Morgan fingerprint density at radius 3 is 1.26 bits per heavy atom. The van der Waals surface area contributed by atoms with Gasteiger partial charge in [0.2, 0.25) is 35.4 Å². The van der Waals surface area contributed by atoms with Crippen molar-refractivity contribution in [2.45, 2.75) is 139 Å². The predicted octanol–water partition coefficient (Wildman–Crippen LogP) is 6.22. The Morgan fingerprint density at radius 1 is 0.514 bits per heavy atom. The van der Waals surface area contributed by atoms with E-state index in [1.165, 1.54) is 11.1 Å². The largest absolute Gasteiger partial charge is 0.347 e. The number of fused-ring (bicyclic) bond motifs is 2. The number of nitrogens with one attached hydrogen (secondary N) is 6. The number of carbonyl (C=O) groups is 6. The lowest BCUT2D eigenvalue weighted by molar-refractivity contribution is -0.142. The molecular formula is C56H72Cl2N8O6. The van der Waals surface area contributed by atoms with E-state index in [0.29, 0.717) is 62.7 Å². The van der Waals surface area contributed by atoms with Crippen LogP contribution < -0.4 is 31.9 Å². The molecule has 2 fully saturated rings. The summed E-state index contributed by atoms with van der Waals surface area (Å²) in [5.74, 6) is -1.59. The Morgan fingerprint density at radius 2 is 0.889 bits per heavy atom. The first-order valence-electron chi connectivity index (χ1n) is 25.4. The molecule has 0 spiro atoms. The average Bonchev–Trinajstić information content (AvgIpc) is 4.10. The van der Waals surface area contributed by atoms with Gasteiger partial charge in [-0.25, -0.2) is 0 Å². The molecule has 6 amide bonds. The summed E-state index contributed by atoms with van der Waals surface area (Å²) >= 11 is 0. The Bertz CT molecular complexity index is 2350. The first-order chi connectivity index (χ1) is 33.9. The number of amides is 6. The van der Waals surface area contributed by atoms with Gasteiger partial charge >= 0.3 is 0 Å². The maximum absolute atomic E-state index is 14.5. The van der Waals surface area contributed by atoms with Crippen LogP contribution in [0.25, 0.3) is 0 Å². The molecule has 14 nitrogen and oxygen atoms in total. The minimum absolute atomic E-state index is 0. The SMILES string of the molecule is CN[C@@H](C)C(=O)NC(C(=O)N1CCC[C@H]1C(=O)NC1CCCc2ccccc21)c1ccc(CCc2ccc(C(NC(=O)[C@H](C)NC)C(=O)N3CCC[C@H]3C(=O)NC3CCCc4ccccc43)cc2)cc1.Cl.Cl. The average molecular weight is 1020 g/mol. The van der Waals surface area contributed by atoms with Gasteiger partial charge in [-0.15, -0.1) is 24.8 Å². The van der Waals surface area contributed by atoms with E-state index < -0.39 is 36.3 Å². The molecule has 4 aromatic rings. The van der Waals surface area contributed by atoms with Crippen LogP contribution in [-0.2, 0) is 54.5 Å². The highest BCUT2D eigenvalue weighted by atomic mass is 35.5. The van der Waals surface area contributed by atoms with Crippen molar-refractivity contribution in [2.24, 2.45) is 0 Å². The summed E-state index contributed by atoms with van der Waals surface area (Å²) < 4.78 is 0. The van der Waals surface area contributed by atoms with E-state index in [0.717, 1.165) is 60.8 Å². The third kappa shape index (κ3) is 12.9. The van der Waals surface area contributed by atoms with E-state index in [1.807, 2.05) is 72.8 Å². The molecule has 0 saturated carbocycles. The van der Waals surface area contributed by atoms with Gasteiger partial charge < -0.3 is 41.7 Å². The van der Waals surface area contributed by atoms with Crippen molar-refractivity contribution in [2.75, 3.05) is 27.2 Å². The highest BCUT2D eigenvalue weighted by molar-refractivity contribution is 5.95. The number of hydrogen-bond donors (Lipinski definition) is 6. The molecule has 4 aromatic carbocycles. The number of halogens is 2. The van der Waals surface area contributed by atoms with Crippen LogP contribution in [-0.4, -0.2) is 96.6 Å². The van der Waals surface area contributed by atoms with Gasteiger partial charge in [0.05, 0.1) is 24.2 Å². The highest BCUT2D eigenvalue weighted by Crippen LogP contribution is 2.33. The molecule has 2 saturated heterocycles. The molecule has 8 rings (SSSR count). The van der Waals surface area contributed by atoms with Crippen molar-refractivity contribution in [3.63, 3.8) is 0 Å². The van der Waals surface area contributed by atoms with Gasteiger partial charge in [-0.05, 0) is 150 Å². The summed E-state index contributed by atoms with van der Waals surface area (Å²) in [6, 6.07) is 27.3. The van der Waals surface area contributed by atoms with Crippen LogP contribution in [0.1, 0.15) is 134 Å². The van der Waals surface area contributed by atoms with Gasteiger partial charge in [0.1, 0.15) is 24.2 Å². The maximum atomic E-state index is 14.5. The van der Waals surface area contributed by atoms with Crippen LogP contribution >= 0.6 is 24.8 Å². The van der Waals surface area contributed by atoms with Crippen LogP contribution in [0.2, 0.25) is 0 Å². The van der Waals surface area contributed by atoms with E-state index in [-0.39, 0.29) is 72.3 Å². The second kappa shape index (κ2) is 25.7. The maximum Gasteiger partial charge on any atom is 0.250 e. The third-order valence-corrected chi connectivity index (χ3v) is 15.1. The lowest BCUT2D eigenvalue weighted by Gasteiger charge is -2.32. The number of likely N-dealkylation sites (tertiary alicyclic amines) is 2. The minimum atomic E-state index is -0.986. The van der Waals surface area contributed by atoms with Crippen molar-refractivity contribution in [3.05, 3.63) is 142 Å². The number of likely N-dealkylation sites (N-methyl/N-ethyl adjacent to an activating group) is 2. The number of carbonyl (C=O) groups excluding carboxylic acids is 6. The molecule has 16 heteroatoms. The first kappa shape index (κ1) is 55.5. The molecule has 72 heavy (non-hydrogen) atoms. The molecule has 386 valence electrons. The fourth-order valence-corrected chi connectivity index (χ4v) is 10.7. The third-order valence-electron chi connectivity index (χ3n) is 15.1. The van der Waals surface area contributed by atoms with Crippen LogP contribution in [0.15, 0.2) is 97.1 Å². The monoisotopic (exact) mass is 1020 g/mol. The zero-order valence-electron chi connectivity index (χ0n) is 41.9. The molecule has 0 bridgehead atoms. The number of nitrogens with zero attached hydrogens (tertiary/aromatic N) is 2. The fraction of sp³-hybridized carbons (Fsp3) is 0.464. The van der Waals surface area contributed by atoms with Gasteiger partial charge in [-0.1, -0.05) is 97.1 Å². The second-order valence-corrected chi connectivity index (χ2v) is 19.6. The van der Waals surface area contributed by atoms with Crippen LogP contribution in [0, 0.1) is 0 Å². The molecule has 2 aliphatic heterocycles. The summed E-state index contributed by atoms with van der Waals surface area (Å²) in [6.07, 6.45) is 9.45. The van der Waals surface area contributed by atoms with E-state index in [4.69, 9.17) is 0 Å². The van der Waals surface area contributed by atoms with Gasteiger partial charge in [0.15, 0.2) is 0 Å². The first-order valence-corrected chi connectivity index (χ1v) is 25.4. The summed E-state index contributed by atoms with van der Waals surface area (Å²) in [5.41, 5.74) is 8.08. The lowest BCUT2D eigenvalue weighted by atomic mass is 9.87. The van der Waals surface area contributed by atoms with E-state index in [1.54, 1.807) is 37.7 Å². The molecule has 6 N–H and O–H groups in total. The molecule has 4 aliphatic rings. The lowest BCUT2D eigenvalue weighted by Crippen LogP contribution is -2.52. The minimum Gasteiger partial charge on any atom is -0.347 e. The summed E-state index contributed by atoms with van der Waals surface area (Å²) in [6.45, 7) is 4.32. The molecule has 8 atom stereocenters. The highest BCUT2D eigenvalue weighted by Gasteiger charge is 2.41. The topological polar surface area (TPSA) is 181 Å². The number of benzene rings is 4. The van der Waals surface area contributed by atoms with Gasteiger partial charge in [-0.3, -0.25) is 28.8 Å². The van der Waals surface area contributed by atoms with Crippen molar-refractivity contribution in [1.82, 2.24) is 41.7 Å². The van der Waals surface area contributed by atoms with Crippen molar-refractivity contribution in [3.8, 4) is 0 Å². The number of hydrogen-bond acceptors (Lipinski definition) is 8. The van der Waals surface area contributed by atoms with Crippen LogP contribution in [0.3, 0.4) is 0 Å². The van der Waals surface area contributed by atoms with E-state index >= 15 is 0 Å². The molecule has 4 unspecified atom stereocenters. The molecular weight excluding hydrogens is 952 g/mol. The molecule has 0 aromatic heterocycles. The van der Waals surface area contributed by atoms with Gasteiger partial charge in [0.25, 0.3) is 0 Å². The normalized spacial score (nSPS) is 20.7. The fourth-order valence-electron chi connectivity index (χ4n) is 10.7. The van der Waals surface area contributed by atoms with Crippen LogP contribution in [0.5, 0.6) is 0 Å². The summed E-state index contributed by atoms with van der Waals surface area (Å²) in [5, 5.41) is 18.4. The van der Waals surface area contributed by atoms with Crippen molar-refractivity contribution < 1.29 is 28.8 Å². The molecule has 0 radical (unpaired) electrons. The Hall–Kier alpha value is -5.80. The second-order valence-electron chi connectivity index (χ2n) is 19.6. The van der Waals surface area contributed by atoms with Gasteiger partial charge in [0, 0.05) is 13.1 Å². The van der Waals surface area contributed by atoms with E-state index in [2.05, 4.69) is 56.2 Å². The van der Waals surface area contributed by atoms with Crippen molar-refractivity contribution >= 4 is 60.3 Å². The van der Waals surface area contributed by atoms with Crippen LogP contribution in [0.4, 0.5) is 0 Å².